The standard InChI is InChI=1S/C23H22N4O5S/c28-23(17-6-10-20(11-7-17)27(29)30)25-19-8-12-21(13-9-19)33(31,32)26-15-2-1-5-22(26)18-4-3-14-24-16-18/h3-4,6-14,16,22H,1-2,5,15H2,(H,25,28)/t22-/m1/s1. The molecule has 0 saturated carbocycles. The molecular formula is C23H22N4O5S. The number of carbonyl (C=O) groups excluding carboxylic acids is 1. The first kappa shape index (κ1) is 22.6. The van der Waals surface area contributed by atoms with Crippen molar-refractivity contribution in [2.45, 2.75) is 30.2 Å². The number of amides is 1. The Balaban J connectivity index is 1.50. The molecule has 4 rings (SSSR count). The second kappa shape index (κ2) is 9.47. The monoisotopic (exact) mass is 466 g/mol. The summed E-state index contributed by atoms with van der Waals surface area (Å²) in [5.41, 5.74) is 1.43. The van der Waals surface area contributed by atoms with Crippen molar-refractivity contribution in [1.29, 1.82) is 0 Å². The fourth-order valence-electron chi connectivity index (χ4n) is 3.88. The molecule has 1 amide bonds. The highest BCUT2D eigenvalue weighted by Gasteiger charge is 2.34. The Hall–Kier alpha value is -3.63. The molecule has 1 N–H and O–H groups in total. The molecule has 0 unspecified atom stereocenters. The van der Waals surface area contributed by atoms with Crippen LogP contribution in [0.25, 0.3) is 0 Å². The Morgan fingerprint density at radius 3 is 2.42 bits per heavy atom. The molecular weight excluding hydrogens is 444 g/mol. The van der Waals surface area contributed by atoms with Crippen LogP contribution in [0.1, 0.15) is 41.2 Å². The van der Waals surface area contributed by atoms with Gasteiger partial charge in [-0.2, -0.15) is 4.31 Å². The van der Waals surface area contributed by atoms with E-state index in [-0.39, 0.29) is 22.2 Å². The summed E-state index contributed by atoms with van der Waals surface area (Å²) < 4.78 is 28.3. The Labute approximate surface area is 191 Å². The van der Waals surface area contributed by atoms with Crippen LogP contribution in [0.4, 0.5) is 11.4 Å². The van der Waals surface area contributed by atoms with Gasteiger partial charge >= 0.3 is 0 Å². The van der Waals surface area contributed by atoms with Crippen molar-refractivity contribution < 1.29 is 18.1 Å². The molecule has 1 fully saturated rings. The lowest BCUT2D eigenvalue weighted by molar-refractivity contribution is -0.384. The highest BCUT2D eigenvalue weighted by molar-refractivity contribution is 7.89. The molecule has 1 atom stereocenters. The molecule has 170 valence electrons. The van der Waals surface area contributed by atoms with Crippen molar-refractivity contribution in [1.82, 2.24) is 9.29 Å². The van der Waals surface area contributed by atoms with E-state index in [1.54, 1.807) is 18.5 Å². The van der Waals surface area contributed by atoms with E-state index < -0.39 is 20.9 Å². The summed E-state index contributed by atoms with van der Waals surface area (Å²) in [6.45, 7) is 0.431. The SMILES string of the molecule is O=C(Nc1ccc(S(=O)(=O)N2CCCC[C@@H]2c2cccnc2)cc1)c1ccc([N+](=O)[O-])cc1. The summed E-state index contributed by atoms with van der Waals surface area (Å²) in [4.78, 5) is 26.9. The largest absolute Gasteiger partial charge is 0.322 e. The first-order chi connectivity index (χ1) is 15.9. The predicted molar refractivity (Wildman–Crippen MR) is 122 cm³/mol. The van der Waals surface area contributed by atoms with Gasteiger partial charge < -0.3 is 5.32 Å². The fourth-order valence-corrected chi connectivity index (χ4v) is 5.56. The van der Waals surface area contributed by atoms with E-state index in [0.717, 1.165) is 24.8 Å². The molecule has 1 aromatic heterocycles. The number of aromatic nitrogens is 1. The Bertz CT molecular complexity index is 1250. The van der Waals surface area contributed by atoms with Gasteiger partial charge in [-0.3, -0.25) is 19.9 Å². The number of non-ortho nitro benzene ring substituents is 1. The van der Waals surface area contributed by atoms with Gasteiger partial charge in [0.1, 0.15) is 0 Å². The number of benzene rings is 2. The quantitative estimate of drug-likeness (QED) is 0.430. The molecule has 1 aliphatic rings. The van der Waals surface area contributed by atoms with E-state index in [4.69, 9.17) is 0 Å². The summed E-state index contributed by atoms with van der Waals surface area (Å²) >= 11 is 0. The molecule has 0 aliphatic carbocycles. The zero-order valence-electron chi connectivity index (χ0n) is 17.6. The van der Waals surface area contributed by atoms with E-state index in [1.165, 1.54) is 52.8 Å². The van der Waals surface area contributed by atoms with Crippen LogP contribution in [0.15, 0.2) is 78.0 Å². The summed E-state index contributed by atoms with van der Waals surface area (Å²) in [6.07, 6.45) is 5.83. The molecule has 2 heterocycles. The van der Waals surface area contributed by atoms with E-state index in [1.807, 2.05) is 6.07 Å². The van der Waals surface area contributed by atoms with Crippen molar-refractivity contribution in [3.8, 4) is 0 Å². The minimum absolute atomic E-state index is 0.108. The van der Waals surface area contributed by atoms with Crippen LogP contribution in [-0.4, -0.2) is 35.1 Å². The molecule has 1 aliphatic heterocycles. The minimum atomic E-state index is -3.74. The lowest BCUT2D eigenvalue weighted by atomic mass is 9.99. The number of nitrogens with zero attached hydrogens (tertiary/aromatic N) is 3. The van der Waals surface area contributed by atoms with E-state index in [2.05, 4.69) is 10.3 Å². The van der Waals surface area contributed by atoms with Crippen LogP contribution in [0.2, 0.25) is 0 Å². The molecule has 10 heteroatoms. The maximum atomic E-state index is 13.4. The van der Waals surface area contributed by atoms with Crippen molar-refractivity contribution >= 4 is 27.3 Å². The van der Waals surface area contributed by atoms with Gasteiger partial charge in [-0.25, -0.2) is 8.42 Å². The number of piperidine rings is 1. The maximum absolute atomic E-state index is 13.4. The molecule has 33 heavy (non-hydrogen) atoms. The maximum Gasteiger partial charge on any atom is 0.269 e. The van der Waals surface area contributed by atoms with Crippen LogP contribution >= 0.6 is 0 Å². The van der Waals surface area contributed by atoms with E-state index >= 15 is 0 Å². The molecule has 2 aromatic carbocycles. The Morgan fingerprint density at radius 1 is 1.06 bits per heavy atom. The number of carbonyl (C=O) groups is 1. The van der Waals surface area contributed by atoms with Gasteiger partial charge in [0.25, 0.3) is 11.6 Å². The van der Waals surface area contributed by atoms with Gasteiger partial charge in [0.2, 0.25) is 10.0 Å². The van der Waals surface area contributed by atoms with Crippen molar-refractivity contribution in [3.05, 3.63) is 94.3 Å². The smallest absolute Gasteiger partial charge is 0.269 e. The minimum Gasteiger partial charge on any atom is -0.322 e. The van der Waals surface area contributed by atoms with Gasteiger partial charge in [-0.1, -0.05) is 12.5 Å². The fraction of sp³-hybridized carbons (Fsp3) is 0.217. The van der Waals surface area contributed by atoms with Crippen LogP contribution in [0.3, 0.4) is 0 Å². The Morgan fingerprint density at radius 2 is 1.79 bits per heavy atom. The molecule has 3 aromatic rings. The number of rotatable bonds is 6. The van der Waals surface area contributed by atoms with Crippen LogP contribution in [0.5, 0.6) is 0 Å². The second-order valence-corrected chi connectivity index (χ2v) is 9.59. The first-order valence-corrected chi connectivity index (χ1v) is 11.9. The number of pyridine rings is 1. The number of hydrogen-bond donors (Lipinski definition) is 1. The highest BCUT2D eigenvalue weighted by atomic mass is 32.2. The average molecular weight is 467 g/mol. The van der Waals surface area contributed by atoms with Gasteiger partial charge in [0, 0.05) is 42.3 Å². The number of nitro groups is 1. The van der Waals surface area contributed by atoms with E-state index in [0.29, 0.717) is 12.2 Å². The van der Waals surface area contributed by atoms with Crippen molar-refractivity contribution in [2.24, 2.45) is 0 Å². The van der Waals surface area contributed by atoms with Crippen LogP contribution in [-0.2, 0) is 10.0 Å². The van der Waals surface area contributed by atoms with Crippen molar-refractivity contribution in [2.75, 3.05) is 11.9 Å². The lowest BCUT2D eigenvalue weighted by Gasteiger charge is -2.34. The third-order valence-corrected chi connectivity index (χ3v) is 7.50. The molecule has 9 nitrogen and oxygen atoms in total. The zero-order valence-corrected chi connectivity index (χ0v) is 18.4. The van der Waals surface area contributed by atoms with Gasteiger partial charge in [-0.05, 0) is 60.9 Å². The van der Waals surface area contributed by atoms with Gasteiger partial charge in [-0.15, -0.1) is 0 Å². The van der Waals surface area contributed by atoms with Gasteiger partial charge in [0.15, 0.2) is 0 Å². The van der Waals surface area contributed by atoms with Crippen LogP contribution < -0.4 is 5.32 Å². The number of hydrogen-bond acceptors (Lipinski definition) is 6. The van der Waals surface area contributed by atoms with Crippen molar-refractivity contribution in [3.63, 3.8) is 0 Å². The third kappa shape index (κ3) is 4.91. The third-order valence-electron chi connectivity index (χ3n) is 5.58. The average Bonchev–Trinajstić information content (AvgIpc) is 2.85. The normalized spacial score (nSPS) is 16.8. The number of nitro benzene ring substituents is 1. The number of nitrogens with one attached hydrogen (secondary N) is 1. The zero-order chi connectivity index (χ0) is 23.4. The lowest BCUT2D eigenvalue weighted by Crippen LogP contribution is -2.38. The topological polar surface area (TPSA) is 123 Å². The molecule has 0 bridgehead atoms. The predicted octanol–water partition coefficient (Wildman–Crippen LogP) is 4.16. The molecule has 0 radical (unpaired) electrons. The second-order valence-electron chi connectivity index (χ2n) is 7.70. The number of anilines is 1. The summed E-state index contributed by atoms with van der Waals surface area (Å²) in [6, 6.07) is 14.6. The summed E-state index contributed by atoms with van der Waals surface area (Å²) in [5.74, 6) is -0.451. The first-order valence-electron chi connectivity index (χ1n) is 10.4. The molecule has 1 saturated heterocycles. The number of sulfonamides is 1. The van der Waals surface area contributed by atoms with Gasteiger partial charge in [0.05, 0.1) is 15.9 Å². The Kier molecular flexibility index (Phi) is 6.47. The summed E-state index contributed by atoms with van der Waals surface area (Å²) in [5, 5.41) is 13.4. The van der Waals surface area contributed by atoms with Crippen LogP contribution in [0, 0.1) is 10.1 Å². The summed E-state index contributed by atoms with van der Waals surface area (Å²) in [7, 11) is -3.74. The molecule has 0 spiro atoms. The highest BCUT2D eigenvalue weighted by Crippen LogP contribution is 2.35. The van der Waals surface area contributed by atoms with E-state index in [9.17, 15) is 23.3 Å².